The monoisotopic (exact) mass is 500 g/mol. The lowest BCUT2D eigenvalue weighted by Gasteiger charge is -2.32. The summed E-state index contributed by atoms with van der Waals surface area (Å²) in [4.78, 5) is 15.6. The van der Waals surface area contributed by atoms with Crippen LogP contribution in [0.1, 0.15) is 34.5 Å². The van der Waals surface area contributed by atoms with Crippen molar-refractivity contribution < 1.29 is 9.53 Å². The summed E-state index contributed by atoms with van der Waals surface area (Å²) in [6.45, 7) is 4.77. The third-order valence-corrected chi connectivity index (χ3v) is 8.29. The molecular formula is C29H32N4O2S. The number of anilines is 2. The van der Waals surface area contributed by atoms with Gasteiger partial charge in [-0.25, -0.2) is 0 Å². The van der Waals surface area contributed by atoms with Gasteiger partial charge in [0.1, 0.15) is 11.4 Å². The Morgan fingerprint density at radius 2 is 2.08 bits per heavy atom. The van der Waals surface area contributed by atoms with Gasteiger partial charge in [-0.1, -0.05) is 18.2 Å². The van der Waals surface area contributed by atoms with Crippen LogP contribution in [0.15, 0.2) is 60.0 Å². The Hall–Kier alpha value is -3.29. The Kier molecular flexibility index (Phi) is 6.42. The maximum atomic E-state index is 13.2. The number of carbonyl (C=O) groups excluding carboxylic acids is 1. The molecule has 0 unspecified atom stereocenters. The molecule has 1 amide bonds. The van der Waals surface area contributed by atoms with Crippen molar-refractivity contribution in [1.82, 2.24) is 9.88 Å². The van der Waals surface area contributed by atoms with Gasteiger partial charge in [-0.2, -0.15) is 0 Å². The van der Waals surface area contributed by atoms with E-state index in [1.165, 1.54) is 23.2 Å². The van der Waals surface area contributed by atoms with Crippen LogP contribution >= 0.6 is 11.3 Å². The average Bonchev–Trinajstić information content (AvgIpc) is 3.64. The van der Waals surface area contributed by atoms with Crippen LogP contribution in [0.2, 0.25) is 0 Å². The van der Waals surface area contributed by atoms with Gasteiger partial charge in [0.2, 0.25) is 0 Å². The highest BCUT2D eigenvalue weighted by Gasteiger charge is 2.22. The lowest BCUT2D eigenvalue weighted by Crippen LogP contribution is -2.29. The molecule has 1 saturated heterocycles. The van der Waals surface area contributed by atoms with E-state index in [2.05, 4.69) is 57.3 Å². The number of nitrogens with zero attached hydrogens (tertiary/aromatic N) is 2. The molecule has 2 aliphatic heterocycles. The number of nitrogens with one attached hydrogen (secondary N) is 2. The number of benzene rings is 2. The first-order valence-corrected chi connectivity index (χ1v) is 13.7. The summed E-state index contributed by atoms with van der Waals surface area (Å²) in [5, 5.41) is 8.65. The van der Waals surface area contributed by atoms with E-state index in [1.54, 1.807) is 11.3 Å². The van der Waals surface area contributed by atoms with E-state index in [-0.39, 0.29) is 5.91 Å². The third kappa shape index (κ3) is 4.61. The lowest BCUT2D eigenvalue weighted by atomic mass is 9.98. The first-order chi connectivity index (χ1) is 17.7. The molecule has 2 aromatic carbocycles. The summed E-state index contributed by atoms with van der Waals surface area (Å²) >= 11 is 1.66. The molecule has 0 bridgehead atoms. The number of ether oxygens (including phenoxy) is 1. The van der Waals surface area contributed by atoms with Gasteiger partial charge in [-0.05, 0) is 78.7 Å². The summed E-state index contributed by atoms with van der Waals surface area (Å²) in [6.07, 6.45) is 3.22. The van der Waals surface area contributed by atoms with Crippen molar-refractivity contribution in [3.05, 3.63) is 76.8 Å². The molecular weight excluding hydrogens is 468 g/mol. The van der Waals surface area contributed by atoms with Crippen LogP contribution < -0.4 is 20.3 Å². The SMILES string of the molecule is Cn1c(C(=O)Nc2cccc3c2CCCN3Cc2ccc(OC[C@H]3CCNC3)cc2)cc2sccc21. The first kappa shape index (κ1) is 23.1. The molecule has 0 aliphatic carbocycles. The van der Waals surface area contributed by atoms with Gasteiger partial charge in [0.15, 0.2) is 0 Å². The molecule has 1 atom stereocenters. The molecule has 0 spiro atoms. The van der Waals surface area contributed by atoms with Crippen LogP contribution in [-0.4, -0.2) is 36.7 Å². The molecule has 2 aromatic heterocycles. The summed E-state index contributed by atoms with van der Waals surface area (Å²) in [7, 11) is 1.95. The molecule has 0 radical (unpaired) electrons. The molecule has 4 aromatic rings. The normalized spacial score (nSPS) is 17.4. The minimum absolute atomic E-state index is 0.0598. The van der Waals surface area contributed by atoms with Crippen LogP contribution in [0.4, 0.5) is 11.4 Å². The van der Waals surface area contributed by atoms with Gasteiger partial charge < -0.3 is 24.8 Å². The summed E-state index contributed by atoms with van der Waals surface area (Å²) in [5.74, 6) is 1.49. The zero-order chi connectivity index (χ0) is 24.5. The van der Waals surface area contributed by atoms with Gasteiger partial charge in [0.25, 0.3) is 5.91 Å². The van der Waals surface area contributed by atoms with Crippen molar-refractivity contribution >= 4 is 38.8 Å². The van der Waals surface area contributed by atoms with Gasteiger partial charge in [-0.3, -0.25) is 4.79 Å². The molecule has 4 heterocycles. The van der Waals surface area contributed by atoms with E-state index in [0.717, 1.165) is 67.3 Å². The zero-order valence-electron chi connectivity index (χ0n) is 20.6. The highest BCUT2D eigenvalue weighted by molar-refractivity contribution is 7.17. The van der Waals surface area contributed by atoms with Crippen LogP contribution in [-0.2, 0) is 20.0 Å². The highest BCUT2D eigenvalue weighted by atomic mass is 32.1. The Morgan fingerprint density at radius 1 is 1.19 bits per heavy atom. The molecule has 6 rings (SSSR count). The maximum absolute atomic E-state index is 13.2. The standard InChI is InChI=1S/C29H32N4O2S/c1-32-26-12-15-36-28(26)16-27(32)29(34)31-24-5-2-6-25-23(24)4-3-14-33(25)18-20-7-9-22(10-8-20)35-19-21-11-13-30-17-21/h2,5-10,12,15-16,21,30H,3-4,11,13-14,17-19H2,1H3,(H,31,34)/t21-/m0/s1. The number of hydrogen-bond acceptors (Lipinski definition) is 5. The third-order valence-electron chi connectivity index (χ3n) is 7.44. The topological polar surface area (TPSA) is 58.5 Å². The van der Waals surface area contributed by atoms with Crippen LogP contribution in [0, 0.1) is 5.92 Å². The Morgan fingerprint density at radius 3 is 2.89 bits per heavy atom. The quantitative estimate of drug-likeness (QED) is 0.355. The van der Waals surface area contributed by atoms with Crippen molar-refractivity contribution in [2.45, 2.75) is 25.8 Å². The first-order valence-electron chi connectivity index (χ1n) is 12.8. The van der Waals surface area contributed by atoms with Crippen LogP contribution in [0.3, 0.4) is 0 Å². The molecule has 0 saturated carbocycles. The fourth-order valence-corrected chi connectivity index (χ4v) is 6.27. The molecule has 2 N–H and O–H groups in total. The predicted molar refractivity (Wildman–Crippen MR) is 147 cm³/mol. The van der Waals surface area contributed by atoms with E-state index in [0.29, 0.717) is 11.6 Å². The highest BCUT2D eigenvalue weighted by Crippen LogP contribution is 2.34. The Labute approximate surface area is 215 Å². The number of fused-ring (bicyclic) bond motifs is 2. The van der Waals surface area contributed by atoms with Gasteiger partial charge in [-0.15, -0.1) is 11.3 Å². The second-order valence-electron chi connectivity index (χ2n) is 9.85. The second-order valence-corrected chi connectivity index (χ2v) is 10.8. The number of aryl methyl sites for hydroxylation is 1. The Bertz CT molecular complexity index is 1370. The molecule has 2 aliphatic rings. The van der Waals surface area contributed by atoms with E-state index < -0.39 is 0 Å². The Balaban J connectivity index is 1.15. The smallest absolute Gasteiger partial charge is 0.272 e. The summed E-state index contributed by atoms with van der Waals surface area (Å²) < 4.78 is 9.12. The van der Waals surface area contributed by atoms with Gasteiger partial charge in [0, 0.05) is 44.0 Å². The molecule has 1 fully saturated rings. The van der Waals surface area contributed by atoms with E-state index >= 15 is 0 Å². The van der Waals surface area contributed by atoms with Crippen LogP contribution in [0.5, 0.6) is 5.75 Å². The van der Waals surface area contributed by atoms with Crippen molar-refractivity contribution in [2.24, 2.45) is 13.0 Å². The minimum atomic E-state index is -0.0598. The zero-order valence-corrected chi connectivity index (χ0v) is 21.4. The second kappa shape index (κ2) is 9.99. The van der Waals surface area contributed by atoms with Crippen molar-refractivity contribution in [1.29, 1.82) is 0 Å². The van der Waals surface area contributed by atoms with Gasteiger partial charge >= 0.3 is 0 Å². The predicted octanol–water partition coefficient (Wildman–Crippen LogP) is 5.43. The molecule has 36 heavy (non-hydrogen) atoms. The van der Waals surface area contributed by atoms with Crippen molar-refractivity contribution in [3.63, 3.8) is 0 Å². The number of rotatable bonds is 7. The van der Waals surface area contributed by atoms with E-state index in [9.17, 15) is 4.79 Å². The van der Waals surface area contributed by atoms with E-state index in [4.69, 9.17) is 4.74 Å². The van der Waals surface area contributed by atoms with Crippen LogP contribution in [0.25, 0.3) is 10.2 Å². The number of carbonyl (C=O) groups is 1. The summed E-state index contributed by atoms with van der Waals surface area (Å²) in [5.41, 5.74) is 6.39. The average molecular weight is 501 g/mol. The number of thiophene rings is 1. The fraction of sp³-hybridized carbons (Fsp3) is 0.345. The van der Waals surface area contributed by atoms with Crippen molar-refractivity contribution in [2.75, 3.05) is 36.5 Å². The number of hydrogen-bond donors (Lipinski definition) is 2. The number of aromatic nitrogens is 1. The van der Waals surface area contributed by atoms with Gasteiger partial charge in [0.05, 0.1) is 16.8 Å². The fourth-order valence-electron chi connectivity index (χ4n) is 5.42. The largest absolute Gasteiger partial charge is 0.493 e. The summed E-state index contributed by atoms with van der Waals surface area (Å²) in [6, 6.07) is 18.8. The molecule has 6 nitrogen and oxygen atoms in total. The molecule has 186 valence electrons. The van der Waals surface area contributed by atoms with E-state index in [1.807, 2.05) is 29.8 Å². The maximum Gasteiger partial charge on any atom is 0.272 e. The molecule has 7 heteroatoms. The van der Waals surface area contributed by atoms with Crippen molar-refractivity contribution in [3.8, 4) is 5.75 Å². The minimum Gasteiger partial charge on any atom is -0.493 e. The number of amides is 1. The lowest BCUT2D eigenvalue weighted by molar-refractivity contribution is 0.101.